The number of furan rings is 2. The van der Waals surface area contributed by atoms with Gasteiger partial charge < -0.3 is 14.2 Å². The van der Waals surface area contributed by atoms with E-state index in [0.29, 0.717) is 23.1 Å². The van der Waals surface area contributed by atoms with Gasteiger partial charge in [-0.3, -0.25) is 9.69 Å². The number of likely N-dealkylation sites (N-methyl/N-ethyl adjacent to an activating group) is 1. The highest BCUT2D eigenvalue weighted by atomic mass is 19.1. The van der Waals surface area contributed by atoms with E-state index in [9.17, 15) is 9.18 Å². The Morgan fingerprint density at radius 2 is 1.96 bits per heavy atom. The molecule has 0 saturated heterocycles. The lowest BCUT2D eigenvalue weighted by Crippen LogP contribution is -2.34. The molecule has 6 heteroatoms. The third kappa shape index (κ3) is 3.44. The van der Waals surface area contributed by atoms with Gasteiger partial charge in [-0.25, -0.2) is 4.39 Å². The van der Waals surface area contributed by atoms with Crippen molar-refractivity contribution >= 4 is 16.9 Å². The molecule has 0 aliphatic rings. The molecule has 0 aliphatic carbocycles. The summed E-state index contributed by atoms with van der Waals surface area (Å²) in [5, 5.41) is 3.48. The highest BCUT2D eigenvalue weighted by Gasteiger charge is 2.22. The zero-order chi connectivity index (χ0) is 18.1. The van der Waals surface area contributed by atoms with Gasteiger partial charge in [-0.05, 0) is 58.3 Å². The first kappa shape index (κ1) is 17.2. The largest absolute Gasteiger partial charge is 0.465 e. The molecule has 0 bridgehead atoms. The lowest BCUT2D eigenvalue weighted by molar-refractivity contribution is 0.0912. The van der Waals surface area contributed by atoms with E-state index in [1.165, 1.54) is 18.2 Å². The van der Waals surface area contributed by atoms with Gasteiger partial charge in [-0.2, -0.15) is 0 Å². The topological polar surface area (TPSA) is 58.6 Å². The molecule has 0 unspecified atom stereocenters. The van der Waals surface area contributed by atoms with Crippen LogP contribution in [0.2, 0.25) is 0 Å². The Morgan fingerprint density at radius 1 is 1.20 bits per heavy atom. The van der Waals surface area contributed by atoms with Crippen molar-refractivity contribution in [1.82, 2.24) is 10.2 Å². The highest BCUT2D eigenvalue weighted by molar-refractivity contribution is 5.98. The molecular formula is C19H21FN2O3. The number of hydrogen-bond acceptors (Lipinski definition) is 4. The van der Waals surface area contributed by atoms with E-state index in [-0.39, 0.29) is 23.5 Å². The van der Waals surface area contributed by atoms with Gasteiger partial charge in [0.15, 0.2) is 5.76 Å². The Kier molecular flexibility index (Phi) is 4.63. The molecule has 1 aromatic carbocycles. The van der Waals surface area contributed by atoms with Gasteiger partial charge in [0.2, 0.25) is 0 Å². The molecule has 0 saturated carbocycles. The number of rotatable bonds is 5. The van der Waals surface area contributed by atoms with Gasteiger partial charge in [0.25, 0.3) is 5.91 Å². The summed E-state index contributed by atoms with van der Waals surface area (Å²) < 4.78 is 24.7. The molecule has 25 heavy (non-hydrogen) atoms. The molecule has 5 nitrogen and oxygen atoms in total. The SMILES string of the molecule is Cc1ccc([C@H](CNC(=O)c2oc3ccc(F)cc3c2C)N(C)C)o1. The van der Waals surface area contributed by atoms with Gasteiger partial charge in [-0.1, -0.05) is 0 Å². The van der Waals surface area contributed by atoms with Crippen molar-refractivity contribution < 1.29 is 18.0 Å². The number of amides is 1. The van der Waals surface area contributed by atoms with E-state index < -0.39 is 0 Å². The smallest absolute Gasteiger partial charge is 0.287 e. The summed E-state index contributed by atoms with van der Waals surface area (Å²) in [6, 6.07) is 7.92. The first-order chi connectivity index (χ1) is 11.9. The molecule has 0 aliphatic heterocycles. The first-order valence-electron chi connectivity index (χ1n) is 8.06. The molecule has 0 radical (unpaired) electrons. The Balaban J connectivity index is 1.78. The quantitative estimate of drug-likeness (QED) is 0.764. The fourth-order valence-corrected chi connectivity index (χ4v) is 2.85. The fraction of sp³-hybridized carbons (Fsp3) is 0.316. The summed E-state index contributed by atoms with van der Waals surface area (Å²) >= 11 is 0. The van der Waals surface area contributed by atoms with Crippen LogP contribution >= 0.6 is 0 Å². The normalized spacial score (nSPS) is 12.7. The maximum atomic E-state index is 13.4. The van der Waals surface area contributed by atoms with Crippen LogP contribution in [0.1, 0.15) is 33.7 Å². The Morgan fingerprint density at radius 3 is 2.60 bits per heavy atom. The average Bonchev–Trinajstić information content (AvgIpc) is 3.11. The Labute approximate surface area is 145 Å². The van der Waals surface area contributed by atoms with Crippen molar-refractivity contribution in [2.75, 3.05) is 20.6 Å². The summed E-state index contributed by atoms with van der Waals surface area (Å²) in [7, 11) is 3.84. The number of hydrogen-bond donors (Lipinski definition) is 1. The number of nitrogens with one attached hydrogen (secondary N) is 1. The molecule has 1 amide bonds. The van der Waals surface area contributed by atoms with E-state index in [4.69, 9.17) is 8.83 Å². The van der Waals surface area contributed by atoms with Gasteiger partial charge in [0.05, 0.1) is 6.04 Å². The van der Waals surface area contributed by atoms with E-state index in [1.54, 1.807) is 6.92 Å². The van der Waals surface area contributed by atoms with Gasteiger partial charge >= 0.3 is 0 Å². The van der Waals surface area contributed by atoms with E-state index in [0.717, 1.165) is 11.5 Å². The zero-order valence-electron chi connectivity index (χ0n) is 14.7. The third-order valence-corrected chi connectivity index (χ3v) is 4.27. The van der Waals surface area contributed by atoms with Gasteiger partial charge in [0, 0.05) is 17.5 Å². The van der Waals surface area contributed by atoms with Crippen molar-refractivity contribution in [1.29, 1.82) is 0 Å². The number of carbonyl (C=O) groups is 1. The summed E-state index contributed by atoms with van der Waals surface area (Å²) in [4.78, 5) is 14.5. The van der Waals surface area contributed by atoms with Crippen LogP contribution < -0.4 is 5.32 Å². The first-order valence-corrected chi connectivity index (χ1v) is 8.06. The van der Waals surface area contributed by atoms with Crippen molar-refractivity contribution in [3.63, 3.8) is 0 Å². The fourth-order valence-electron chi connectivity index (χ4n) is 2.85. The maximum Gasteiger partial charge on any atom is 0.287 e. The van der Waals surface area contributed by atoms with E-state index in [1.807, 2.05) is 38.1 Å². The molecular weight excluding hydrogens is 323 g/mol. The minimum absolute atomic E-state index is 0.0974. The molecule has 3 rings (SSSR count). The number of nitrogens with zero attached hydrogens (tertiary/aromatic N) is 1. The summed E-state index contributed by atoms with van der Waals surface area (Å²) in [5.74, 6) is 1.12. The van der Waals surface area contributed by atoms with Crippen LogP contribution in [-0.4, -0.2) is 31.4 Å². The predicted molar refractivity (Wildman–Crippen MR) is 93.1 cm³/mol. The van der Waals surface area contributed by atoms with Crippen LogP contribution in [0.25, 0.3) is 11.0 Å². The minimum atomic E-state index is -0.357. The monoisotopic (exact) mass is 344 g/mol. The standard InChI is InChI=1S/C19H21FN2O3/c1-11-5-7-17(24-11)15(22(3)4)10-21-19(23)18-12(2)14-9-13(20)6-8-16(14)25-18/h5-9,15H,10H2,1-4H3,(H,21,23)/t15-/m0/s1. The molecule has 3 aromatic rings. The molecule has 2 aromatic heterocycles. The Bertz CT molecular complexity index is 911. The molecule has 1 atom stereocenters. The van der Waals surface area contributed by atoms with Crippen LogP contribution in [0.3, 0.4) is 0 Å². The molecule has 0 fully saturated rings. The van der Waals surface area contributed by atoms with Gasteiger partial charge in [0.1, 0.15) is 22.9 Å². The summed E-state index contributed by atoms with van der Waals surface area (Å²) in [5.41, 5.74) is 1.12. The number of aryl methyl sites for hydroxylation is 2. The number of benzene rings is 1. The number of fused-ring (bicyclic) bond motifs is 1. The summed E-state index contributed by atoms with van der Waals surface area (Å²) in [6.07, 6.45) is 0. The summed E-state index contributed by atoms with van der Waals surface area (Å²) in [6.45, 7) is 3.99. The second-order valence-corrected chi connectivity index (χ2v) is 6.33. The van der Waals surface area contributed by atoms with E-state index in [2.05, 4.69) is 5.32 Å². The van der Waals surface area contributed by atoms with E-state index >= 15 is 0 Å². The third-order valence-electron chi connectivity index (χ3n) is 4.27. The molecule has 2 heterocycles. The van der Waals surface area contributed by atoms with Crippen LogP contribution in [0.15, 0.2) is 39.2 Å². The lowest BCUT2D eigenvalue weighted by atomic mass is 10.1. The lowest BCUT2D eigenvalue weighted by Gasteiger charge is -2.22. The van der Waals surface area contributed by atoms with Crippen molar-refractivity contribution in [3.05, 3.63) is 59.0 Å². The molecule has 0 spiro atoms. The van der Waals surface area contributed by atoms with Crippen molar-refractivity contribution in [3.8, 4) is 0 Å². The average molecular weight is 344 g/mol. The maximum absolute atomic E-state index is 13.4. The predicted octanol–water partition coefficient (Wildman–Crippen LogP) is 3.81. The second kappa shape index (κ2) is 6.72. The van der Waals surface area contributed by atoms with Crippen molar-refractivity contribution in [2.24, 2.45) is 0 Å². The number of halogens is 1. The minimum Gasteiger partial charge on any atom is -0.465 e. The van der Waals surface area contributed by atoms with Crippen LogP contribution in [0.4, 0.5) is 4.39 Å². The number of carbonyl (C=O) groups excluding carboxylic acids is 1. The van der Waals surface area contributed by atoms with Crippen LogP contribution in [-0.2, 0) is 0 Å². The van der Waals surface area contributed by atoms with Crippen molar-refractivity contribution in [2.45, 2.75) is 19.9 Å². The molecule has 132 valence electrons. The molecule has 1 N–H and O–H groups in total. The van der Waals surface area contributed by atoms with Crippen LogP contribution in [0, 0.1) is 19.7 Å². The highest BCUT2D eigenvalue weighted by Crippen LogP contribution is 2.26. The van der Waals surface area contributed by atoms with Crippen LogP contribution in [0.5, 0.6) is 0 Å². The second-order valence-electron chi connectivity index (χ2n) is 6.33. The Hall–Kier alpha value is -2.60. The zero-order valence-corrected chi connectivity index (χ0v) is 14.7. The van der Waals surface area contributed by atoms with Gasteiger partial charge in [-0.15, -0.1) is 0 Å².